The Kier molecular flexibility index (Phi) is 5.19. The lowest BCUT2D eigenvalue weighted by atomic mass is 10.2. The molecule has 5 nitrogen and oxygen atoms in total. The van der Waals surface area contributed by atoms with Gasteiger partial charge in [-0.2, -0.15) is 4.31 Å². The SMILES string of the molecule is CCN1CCN(S(=O)(=O)c2cc(CN)ccc2Br)CC1. The van der Waals surface area contributed by atoms with Crippen LogP contribution in [-0.4, -0.2) is 50.3 Å². The number of benzene rings is 1. The van der Waals surface area contributed by atoms with Crippen molar-refractivity contribution in [3.63, 3.8) is 0 Å². The number of likely N-dealkylation sites (N-methyl/N-ethyl adjacent to an activating group) is 1. The zero-order chi connectivity index (χ0) is 14.8. The molecule has 2 rings (SSSR count). The van der Waals surface area contributed by atoms with Gasteiger partial charge in [-0.05, 0) is 40.2 Å². The van der Waals surface area contributed by atoms with Gasteiger partial charge in [0.1, 0.15) is 0 Å². The van der Waals surface area contributed by atoms with Gasteiger partial charge in [0.05, 0.1) is 4.90 Å². The normalized spacial score (nSPS) is 18.4. The van der Waals surface area contributed by atoms with Crippen LogP contribution in [0.2, 0.25) is 0 Å². The smallest absolute Gasteiger partial charge is 0.244 e. The minimum Gasteiger partial charge on any atom is -0.326 e. The summed E-state index contributed by atoms with van der Waals surface area (Å²) in [7, 11) is -3.45. The fourth-order valence-corrected chi connectivity index (χ4v) is 4.69. The van der Waals surface area contributed by atoms with Crippen LogP contribution in [0, 0.1) is 0 Å². The first kappa shape index (κ1) is 15.9. The Morgan fingerprint density at radius 3 is 2.45 bits per heavy atom. The quantitative estimate of drug-likeness (QED) is 0.875. The van der Waals surface area contributed by atoms with Gasteiger partial charge in [0, 0.05) is 37.2 Å². The van der Waals surface area contributed by atoms with Crippen LogP contribution in [0.3, 0.4) is 0 Å². The summed E-state index contributed by atoms with van der Waals surface area (Å²) in [6.07, 6.45) is 0. The van der Waals surface area contributed by atoms with Gasteiger partial charge in [0.25, 0.3) is 0 Å². The van der Waals surface area contributed by atoms with Gasteiger partial charge in [-0.15, -0.1) is 0 Å². The predicted octanol–water partition coefficient (Wildman–Crippen LogP) is 1.23. The predicted molar refractivity (Wildman–Crippen MR) is 82.9 cm³/mol. The van der Waals surface area contributed by atoms with Crippen molar-refractivity contribution < 1.29 is 8.42 Å². The number of piperazine rings is 1. The van der Waals surface area contributed by atoms with E-state index in [1.54, 1.807) is 16.4 Å². The molecule has 20 heavy (non-hydrogen) atoms. The van der Waals surface area contributed by atoms with Crippen LogP contribution in [0.15, 0.2) is 27.6 Å². The van der Waals surface area contributed by atoms with E-state index in [2.05, 4.69) is 27.8 Å². The number of sulfonamides is 1. The van der Waals surface area contributed by atoms with Crippen molar-refractivity contribution in [1.82, 2.24) is 9.21 Å². The Morgan fingerprint density at radius 1 is 1.25 bits per heavy atom. The second-order valence-corrected chi connectivity index (χ2v) is 7.57. The molecule has 0 radical (unpaired) electrons. The average molecular weight is 362 g/mol. The molecule has 1 fully saturated rings. The van der Waals surface area contributed by atoms with Crippen molar-refractivity contribution in [2.75, 3.05) is 32.7 Å². The van der Waals surface area contributed by atoms with E-state index >= 15 is 0 Å². The maximum absolute atomic E-state index is 12.7. The molecule has 0 amide bonds. The molecule has 1 aliphatic heterocycles. The largest absolute Gasteiger partial charge is 0.326 e. The van der Waals surface area contributed by atoms with Crippen LogP contribution >= 0.6 is 15.9 Å². The zero-order valence-corrected chi connectivity index (χ0v) is 14.0. The van der Waals surface area contributed by atoms with Crippen LogP contribution in [0.25, 0.3) is 0 Å². The van der Waals surface area contributed by atoms with Crippen LogP contribution in [0.5, 0.6) is 0 Å². The summed E-state index contributed by atoms with van der Waals surface area (Å²) < 4.78 is 27.6. The summed E-state index contributed by atoms with van der Waals surface area (Å²) in [5.41, 5.74) is 6.41. The molecule has 7 heteroatoms. The standard InChI is InChI=1S/C13H20BrN3O2S/c1-2-16-5-7-17(8-6-16)20(18,19)13-9-11(10-15)3-4-12(13)14/h3-4,9H,2,5-8,10,15H2,1H3. The van der Waals surface area contributed by atoms with Crippen LogP contribution in [-0.2, 0) is 16.6 Å². The summed E-state index contributed by atoms with van der Waals surface area (Å²) in [5, 5.41) is 0. The van der Waals surface area contributed by atoms with Crippen LogP contribution in [0.1, 0.15) is 12.5 Å². The molecule has 1 aliphatic rings. The highest BCUT2D eigenvalue weighted by Crippen LogP contribution is 2.26. The highest BCUT2D eigenvalue weighted by atomic mass is 79.9. The Morgan fingerprint density at radius 2 is 1.90 bits per heavy atom. The topological polar surface area (TPSA) is 66.6 Å². The number of nitrogens with two attached hydrogens (primary N) is 1. The molecule has 2 N–H and O–H groups in total. The second kappa shape index (κ2) is 6.53. The molecule has 1 aromatic rings. The van der Waals surface area contributed by atoms with Crippen molar-refractivity contribution in [2.24, 2.45) is 5.73 Å². The van der Waals surface area contributed by atoms with Gasteiger partial charge < -0.3 is 10.6 Å². The molecule has 0 aromatic heterocycles. The van der Waals surface area contributed by atoms with E-state index in [0.29, 0.717) is 29.0 Å². The highest BCUT2D eigenvalue weighted by molar-refractivity contribution is 9.10. The van der Waals surface area contributed by atoms with Crippen molar-refractivity contribution in [3.05, 3.63) is 28.2 Å². The molecule has 0 aliphatic carbocycles. The van der Waals surface area contributed by atoms with Gasteiger partial charge >= 0.3 is 0 Å². The summed E-state index contributed by atoms with van der Waals surface area (Å²) in [5.74, 6) is 0. The molecule has 1 heterocycles. The number of hydrogen-bond donors (Lipinski definition) is 1. The molecule has 0 bridgehead atoms. The minimum absolute atomic E-state index is 0.311. The fraction of sp³-hybridized carbons (Fsp3) is 0.538. The fourth-order valence-electron chi connectivity index (χ4n) is 2.30. The first-order valence-electron chi connectivity index (χ1n) is 6.70. The van der Waals surface area contributed by atoms with Crippen LogP contribution < -0.4 is 5.73 Å². The van der Waals surface area contributed by atoms with E-state index < -0.39 is 10.0 Å². The number of nitrogens with zero attached hydrogens (tertiary/aromatic N) is 2. The third kappa shape index (κ3) is 3.23. The molecular formula is C13H20BrN3O2S. The van der Waals surface area contributed by atoms with Gasteiger partial charge in [-0.25, -0.2) is 8.42 Å². The molecule has 0 unspecified atom stereocenters. The van der Waals surface area contributed by atoms with Crippen molar-refractivity contribution >= 4 is 26.0 Å². The first-order valence-corrected chi connectivity index (χ1v) is 8.93. The lowest BCUT2D eigenvalue weighted by molar-refractivity contribution is 0.196. The van der Waals surface area contributed by atoms with Crippen LogP contribution in [0.4, 0.5) is 0 Å². The van der Waals surface area contributed by atoms with Crippen molar-refractivity contribution in [1.29, 1.82) is 0 Å². The summed E-state index contributed by atoms with van der Waals surface area (Å²) >= 11 is 3.33. The second-order valence-electron chi connectivity index (χ2n) is 4.81. The Balaban J connectivity index is 2.27. The Hall–Kier alpha value is -0.470. The zero-order valence-electron chi connectivity index (χ0n) is 11.5. The first-order chi connectivity index (χ1) is 9.48. The molecule has 0 saturated carbocycles. The molecule has 0 atom stereocenters. The molecular weight excluding hydrogens is 342 g/mol. The lowest BCUT2D eigenvalue weighted by Crippen LogP contribution is -2.48. The maximum atomic E-state index is 12.7. The number of hydrogen-bond acceptors (Lipinski definition) is 4. The highest BCUT2D eigenvalue weighted by Gasteiger charge is 2.29. The van der Waals surface area contributed by atoms with E-state index in [1.807, 2.05) is 6.07 Å². The van der Waals surface area contributed by atoms with Gasteiger partial charge in [-0.3, -0.25) is 0 Å². The molecule has 1 aromatic carbocycles. The van der Waals surface area contributed by atoms with Gasteiger partial charge in [-0.1, -0.05) is 13.0 Å². The number of halogens is 1. The lowest BCUT2D eigenvalue weighted by Gasteiger charge is -2.33. The monoisotopic (exact) mass is 361 g/mol. The maximum Gasteiger partial charge on any atom is 0.244 e. The Bertz CT molecular complexity index is 569. The van der Waals surface area contributed by atoms with E-state index in [4.69, 9.17) is 5.73 Å². The van der Waals surface area contributed by atoms with Gasteiger partial charge in [0.2, 0.25) is 10.0 Å². The number of rotatable bonds is 4. The summed E-state index contributed by atoms with van der Waals surface area (Å²) in [4.78, 5) is 2.56. The summed E-state index contributed by atoms with van der Waals surface area (Å²) in [6.45, 7) is 6.02. The van der Waals surface area contributed by atoms with Crippen molar-refractivity contribution in [2.45, 2.75) is 18.4 Å². The molecule has 112 valence electrons. The van der Waals surface area contributed by atoms with Crippen molar-refractivity contribution in [3.8, 4) is 0 Å². The van der Waals surface area contributed by atoms with E-state index in [0.717, 1.165) is 25.2 Å². The van der Waals surface area contributed by atoms with E-state index in [9.17, 15) is 8.42 Å². The third-order valence-electron chi connectivity index (χ3n) is 3.63. The Labute approximate surface area is 128 Å². The minimum atomic E-state index is -3.45. The average Bonchev–Trinajstić information content (AvgIpc) is 2.47. The molecule has 1 saturated heterocycles. The summed E-state index contributed by atoms with van der Waals surface area (Å²) in [6, 6.07) is 5.24. The van der Waals surface area contributed by atoms with E-state index in [-0.39, 0.29) is 0 Å². The van der Waals surface area contributed by atoms with E-state index in [1.165, 1.54) is 0 Å². The molecule has 0 spiro atoms. The van der Waals surface area contributed by atoms with Gasteiger partial charge in [0.15, 0.2) is 0 Å². The third-order valence-corrected chi connectivity index (χ3v) is 6.52.